The van der Waals surface area contributed by atoms with Crippen molar-refractivity contribution in [3.05, 3.63) is 41.5 Å². The maximum atomic E-state index is 14.6. The molecule has 2 aliphatic rings. The fourth-order valence-electron chi connectivity index (χ4n) is 4.61. The number of benzene rings is 1. The highest BCUT2D eigenvalue weighted by atomic mass is 19.1. The number of rotatable bonds is 4. The van der Waals surface area contributed by atoms with E-state index in [0.29, 0.717) is 6.42 Å². The zero-order valence-electron chi connectivity index (χ0n) is 17.9. The molecule has 1 saturated carbocycles. The molecular formula is C22H26FN5O3. The highest BCUT2D eigenvalue weighted by Crippen LogP contribution is 2.38. The van der Waals surface area contributed by atoms with Gasteiger partial charge in [0.05, 0.1) is 5.69 Å². The number of aromatic nitrogens is 2. The molecule has 2 unspecified atom stereocenters. The number of imide groups is 1. The first-order chi connectivity index (χ1) is 14.7. The van der Waals surface area contributed by atoms with Gasteiger partial charge in [0.25, 0.3) is 5.91 Å². The third kappa shape index (κ3) is 3.68. The van der Waals surface area contributed by atoms with E-state index in [1.54, 1.807) is 6.07 Å². The maximum absolute atomic E-state index is 14.6. The molecule has 1 aromatic carbocycles. The maximum Gasteiger partial charge on any atom is 0.325 e. The summed E-state index contributed by atoms with van der Waals surface area (Å²) in [6, 6.07) is 5.56. The summed E-state index contributed by atoms with van der Waals surface area (Å²) in [6.07, 6.45) is 3.31. The standard InChI is InChI=1S/C22H26FN5O3/c1-13-6-4-5-9-22(13)20(30)27(21(31)25-22)12-19(29)24-16-7-8-18(17(23)11-16)28-15(3)10-14(2)26-28/h7-8,10-11,13H,4-6,9,12H2,1-3H3,(H,24,29)(H,25,31). The Labute approximate surface area is 179 Å². The SMILES string of the molecule is Cc1cc(C)n(-c2ccc(NC(=O)CN3C(=O)NC4(CCCCC4C)C3=O)cc2F)n1. The molecule has 4 amide bonds. The predicted octanol–water partition coefficient (Wildman–Crippen LogP) is 3.07. The minimum absolute atomic E-state index is 0.0155. The van der Waals surface area contributed by atoms with E-state index < -0.39 is 29.8 Å². The van der Waals surface area contributed by atoms with Gasteiger partial charge in [-0.25, -0.2) is 13.9 Å². The molecule has 8 nitrogen and oxygen atoms in total. The Morgan fingerprint density at radius 3 is 2.71 bits per heavy atom. The van der Waals surface area contributed by atoms with E-state index in [2.05, 4.69) is 15.7 Å². The molecule has 1 aromatic heterocycles. The number of carbonyl (C=O) groups excluding carboxylic acids is 3. The molecule has 9 heteroatoms. The number of anilines is 1. The second-order valence-electron chi connectivity index (χ2n) is 8.49. The zero-order valence-corrected chi connectivity index (χ0v) is 17.9. The molecule has 2 heterocycles. The van der Waals surface area contributed by atoms with E-state index in [0.717, 1.165) is 35.6 Å². The molecule has 164 valence electrons. The van der Waals surface area contributed by atoms with Crippen LogP contribution in [0.4, 0.5) is 14.9 Å². The second kappa shape index (κ2) is 7.79. The van der Waals surface area contributed by atoms with Crippen molar-refractivity contribution in [1.29, 1.82) is 0 Å². The van der Waals surface area contributed by atoms with Crippen molar-refractivity contribution >= 4 is 23.5 Å². The van der Waals surface area contributed by atoms with Crippen LogP contribution < -0.4 is 10.6 Å². The van der Waals surface area contributed by atoms with Crippen LogP contribution in [0, 0.1) is 25.6 Å². The lowest BCUT2D eigenvalue weighted by Gasteiger charge is -2.36. The number of nitrogens with zero attached hydrogens (tertiary/aromatic N) is 3. The van der Waals surface area contributed by atoms with Gasteiger partial charge < -0.3 is 10.6 Å². The third-order valence-corrected chi connectivity index (χ3v) is 6.27. The van der Waals surface area contributed by atoms with Crippen LogP contribution >= 0.6 is 0 Å². The first-order valence-corrected chi connectivity index (χ1v) is 10.5. The Bertz CT molecular complexity index is 1070. The zero-order chi connectivity index (χ0) is 22.3. The summed E-state index contributed by atoms with van der Waals surface area (Å²) >= 11 is 0. The molecule has 31 heavy (non-hydrogen) atoms. The van der Waals surface area contributed by atoms with Crippen LogP contribution in [-0.2, 0) is 9.59 Å². The predicted molar refractivity (Wildman–Crippen MR) is 112 cm³/mol. The van der Waals surface area contributed by atoms with Crippen LogP contribution in [0.25, 0.3) is 5.69 Å². The Morgan fingerprint density at radius 1 is 1.29 bits per heavy atom. The van der Waals surface area contributed by atoms with E-state index >= 15 is 0 Å². The normalized spacial score (nSPS) is 23.4. The Morgan fingerprint density at radius 2 is 2.06 bits per heavy atom. The van der Waals surface area contributed by atoms with Crippen molar-refractivity contribution in [2.75, 3.05) is 11.9 Å². The topological polar surface area (TPSA) is 96.3 Å². The highest BCUT2D eigenvalue weighted by molar-refractivity contribution is 6.10. The van der Waals surface area contributed by atoms with Gasteiger partial charge in [-0.3, -0.25) is 14.5 Å². The minimum atomic E-state index is -0.914. The molecule has 0 bridgehead atoms. The Hall–Kier alpha value is -3.23. The van der Waals surface area contributed by atoms with Gasteiger partial charge in [-0.05, 0) is 56.9 Å². The molecule has 2 aromatic rings. The summed E-state index contributed by atoms with van der Waals surface area (Å²) in [5.41, 5.74) is 1.15. The van der Waals surface area contributed by atoms with Crippen LogP contribution in [0.15, 0.2) is 24.3 Å². The lowest BCUT2D eigenvalue weighted by atomic mass is 9.73. The summed E-state index contributed by atoms with van der Waals surface area (Å²) < 4.78 is 16.1. The first kappa shape index (κ1) is 21.0. The van der Waals surface area contributed by atoms with Gasteiger partial charge in [0.1, 0.15) is 17.8 Å². The fourth-order valence-corrected chi connectivity index (χ4v) is 4.61. The number of hydrogen-bond donors (Lipinski definition) is 2. The lowest BCUT2D eigenvalue weighted by molar-refractivity contribution is -0.136. The summed E-state index contributed by atoms with van der Waals surface area (Å²) in [7, 11) is 0. The molecular weight excluding hydrogens is 401 g/mol. The summed E-state index contributed by atoms with van der Waals surface area (Å²) in [6.45, 7) is 5.19. The van der Waals surface area contributed by atoms with Crippen molar-refractivity contribution in [2.45, 2.75) is 52.0 Å². The fraction of sp³-hybridized carbons (Fsp3) is 0.455. The molecule has 2 atom stereocenters. The number of halogens is 1. The molecule has 1 saturated heterocycles. The second-order valence-corrected chi connectivity index (χ2v) is 8.49. The van der Waals surface area contributed by atoms with Crippen molar-refractivity contribution in [1.82, 2.24) is 20.0 Å². The number of urea groups is 1. The Balaban J connectivity index is 1.45. The van der Waals surface area contributed by atoms with Crippen molar-refractivity contribution in [3.63, 3.8) is 0 Å². The Kier molecular flexibility index (Phi) is 5.28. The van der Waals surface area contributed by atoms with E-state index in [1.165, 1.54) is 16.8 Å². The molecule has 2 N–H and O–H groups in total. The number of amides is 4. The van der Waals surface area contributed by atoms with Crippen molar-refractivity contribution in [3.8, 4) is 5.69 Å². The largest absolute Gasteiger partial charge is 0.325 e. The van der Waals surface area contributed by atoms with Crippen LogP contribution in [-0.4, -0.2) is 44.6 Å². The highest BCUT2D eigenvalue weighted by Gasteiger charge is 2.55. The monoisotopic (exact) mass is 427 g/mol. The van der Waals surface area contributed by atoms with Crippen LogP contribution in [0.5, 0.6) is 0 Å². The van der Waals surface area contributed by atoms with Crippen LogP contribution in [0.1, 0.15) is 44.0 Å². The van der Waals surface area contributed by atoms with Crippen LogP contribution in [0.3, 0.4) is 0 Å². The smallest absolute Gasteiger partial charge is 0.324 e. The average Bonchev–Trinajstić information content (AvgIpc) is 3.15. The number of carbonyl (C=O) groups is 3. The van der Waals surface area contributed by atoms with Gasteiger partial charge in [0.15, 0.2) is 5.82 Å². The molecule has 0 radical (unpaired) electrons. The van der Waals surface area contributed by atoms with E-state index in [9.17, 15) is 18.8 Å². The van der Waals surface area contributed by atoms with Gasteiger partial charge in [-0.2, -0.15) is 5.10 Å². The number of aryl methyl sites for hydroxylation is 2. The van der Waals surface area contributed by atoms with E-state index in [-0.39, 0.29) is 23.2 Å². The average molecular weight is 427 g/mol. The molecule has 1 spiro atoms. The summed E-state index contributed by atoms with van der Waals surface area (Å²) in [5, 5.41) is 9.65. The number of nitrogens with one attached hydrogen (secondary N) is 2. The molecule has 2 fully saturated rings. The van der Waals surface area contributed by atoms with Gasteiger partial charge in [0, 0.05) is 11.4 Å². The van der Waals surface area contributed by atoms with Gasteiger partial charge in [-0.15, -0.1) is 0 Å². The van der Waals surface area contributed by atoms with Crippen molar-refractivity contribution < 1.29 is 18.8 Å². The summed E-state index contributed by atoms with van der Waals surface area (Å²) in [4.78, 5) is 38.9. The minimum Gasteiger partial charge on any atom is -0.324 e. The molecule has 1 aliphatic carbocycles. The first-order valence-electron chi connectivity index (χ1n) is 10.5. The third-order valence-electron chi connectivity index (χ3n) is 6.27. The van der Waals surface area contributed by atoms with E-state index in [4.69, 9.17) is 0 Å². The van der Waals surface area contributed by atoms with Crippen molar-refractivity contribution in [2.24, 2.45) is 5.92 Å². The van der Waals surface area contributed by atoms with E-state index in [1.807, 2.05) is 26.8 Å². The van der Waals surface area contributed by atoms with Gasteiger partial charge >= 0.3 is 6.03 Å². The quantitative estimate of drug-likeness (QED) is 0.733. The van der Waals surface area contributed by atoms with Gasteiger partial charge in [-0.1, -0.05) is 19.8 Å². The molecule has 1 aliphatic heterocycles. The lowest BCUT2D eigenvalue weighted by Crippen LogP contribution is -2.54. The summed E-state index contributed by atoms with van der Waals surface area (Å²) in [5.74, 6) is -1.45. The molecule has 4 rings (SSSR count). The number of hydrogen-bond acceptors (Lipinski definition) is 4. The van der Waals surface area contributed by atoms with Crippen LogP contribution in [0.2, 0.25) is 0 Å². The van der Waals surface area contributed by atoms with Gasteiger partial charge in [0.2, 0.25) is 5.91 Å².